The van der Waals surface area contributed by atoms with Crippen molar-refractivity contribution in [3.05, 3.63) is 30.3 Å². The number of nitrogens with one attached hydrogen (secondary N) is 1. The van der Waals surface area contributed by atoms with E-state index in [9.17, 15) is 0 Å². The van der Waals surface area contributed by atoms with E-state index in [2.05, 4.69) is 5.09 Å². The number of rotatable bonds is 2. The highest BCUT2D eigenvalue weighted by Crippen LogP contribution is 2.11. The van der Waals surface area contributed by atoms with E-state index >= 15 is 0 Å². The Morgan fingerprint density at radius 2 is 1.89 bits per heavy atom. The highest BCUT2D eigenvalue weighted by Gasteiger charge is 1.82. The van der Waals surface area contributed by atoms with E-state index in [-0.39, 0.29) is 8.96 Å². The van der Waals surface area contributed by atoms with Crippen LogP contribution in [0.2, 0.25) is 0 Å². The van der Waals surface area contributed by atoms with Gasteiger partial charge >= 0.3 is 0 Å². The van der Waals surface area contributed by atoms with Crippen molar-refractivity contribution in [3.8, 4) is 0 Å². The van der Waals surface area contributed by atoms with Crippen molar-refractivity contribution in [2.45, 2.75) is 0 Å². The minimum absolute atomic E-state index is 0.215. The lowest BCUT2D eigenvalue weighted by atomic mass is 10.3. The van der Waals surface area contributed by atoms with E-state index in [0.717, 1.165) is 5.69 Å². The van der Waals surface area contributed by atoms with Crippen LogP contribution in [-0.4, -0.2) is 4.89 Å². The Hall–Kier alpha value is -0.590. The number of anilines is 1. The highest BCUT2D eigenvalue weighted by molar-refractivity contribution is 7.33. The molecule has 1 atom stereocenters. The van der Waals surface area contributed by atoms with Crippen molar-refractivity contribution in [2.24, 2.45) is 0 Å². The maximum atomic E-state index is 8.44. The summed E-state index contributed by atoms with van der Waals surface area (Å²) in [6, 6.07) is 9.59. The standard InChI is InChI=1S/C6H8NOP/c8-9-7-6-4-2-1-3-5-6/h1-5,7-9H. The SMILES string of the molecule is OPNc1ccccc1. The zero-order chi connectivity index (χ0) is 6.53. The molecule has 9 heavy (non-hydrogen) atoms. The maximum Gasteiger partial charge on any atom is 0.111 e. The first-order valence-electron chi connectivity index (χ1n) is 2.63. The van der Waals surface area contributed by atoms with Crippen molar-refractivity contribution >= 4 is 14.6 Å². The van der Waals surface area contributed by atoms with Crippen LogP contribution in [0.15, 0.2) is 30.3 Å². The average Bonchev–Trinajstić information content (AvgIpc) is 1.91. The van der Waals surface area contributed by atoms with Gasteiger partial charge in [0.25, 0.3) is 0 Å². The van der Waals surface area contributed by atoms with Gasteiger partial charge in [0.1, 0.15) is 8.96 Å². The molecule has 0 amide bonds. The van der Waals surface area contributed by atoms with Gasteiger partial charge in [-0.1, -0.05) is 18.2 Å². The van der Waals surface area contributed by atoms with Crippen molar-refractivity contribution in [1.82, 2.24) is 0 Å². The molecule has 0 aromatic heterocycles. The molecule has 0 bridgehead atoms. The zero-order valence-corrected chi connectivity index (χ0v) is 5.83. The summed E-state index contributed by atoms with van der Waals surface area (Å²) in [6.45, 7) is 0. The lowest BCUT2D eigenvalue weighted by Gasteiger charge is -1.97. The van der Waals surface area contributed by atoms with E-state index in [1.54, 1.807) is 0 Å². The van der Waals surface area contributed by atoms with Gasteiger partial charge in [0.05, 0.1) is 0 Å². The van der Waals surface area contributed by atoms with Gasteiger partial charge in [0.2, 0.25) is 0 Å². The number of benzene rings is 1. The smallest absolute Gasteiger partial charge is 0.111 e. The minimum Gasteiger partial charge on any atom is -0.357 e. The Bertz CT molecular complexity index is 166. The topological polar surface area (TPSA) is 32.3 Å². The van der Waals surface area contributed by atoms with E-state index < -0.39 is 0 Å². The Labute approximate surface area is 55.8 Å². The predicted octanol–water partition coefficient (Wildman–Crippen LogP) is 1.60. The van der Waals surface area contributed by atoms with Gasteiger partial charge in [-0.2, -0.15) is 0 Å². The van der Waals surface area contributed by atoms with Gasteiger partial charge in [-0.25, -0.2) is 0 Å². The van der Waals surface area contributed by atoms with E-state index in [4.69, 9.17) is 4.89 Å². The molecule has 2 nitrogen and oxygen atoms in total. The number of hydrogen-bond acceptors (Lipinski definition) is 2. The molecule has 0 aliphatic heterocycles. The van der Waals surface area contributed by atoms with Gasteiger partial charge in [-0.15, -0.1) is 0 Å². The van der Waals surface area contributed by atoms with Gasteiger partial charge in [0, 0.05) is 5.69 Å². The molecule has 0 fully saturated rings. The summed E-state index contributed by atoms with van der Waals surface area (Å²) >= 11 is 0. The van der Waals surface area contributed by atoms with Crippen LogP contribution in [0.1, 0.15) is 0 Å². The molecule has 1 aromatic carbocycles. The molecule has 2 N–H and O–H groups in total. The molecule has 0 heterocycles. The molecule has 0 spiro atoms. The van der Waals surface area contributed by atoms with Crippen LogP contribution in [0.5, 0.6) is 0 Å². The largest absolute Gasteiger partial charge is 0.357 e. The van der Waals surface area contributed by atoms with Crippen LogP contribution in [0.4, 0.5) is 5.69 Å². The van der Waals surface area contributed by atoms with Gasteiger partial charge in [-0.05, 0) is 12.1 Å². The third kappa shape index (κ3) is 2.00. The Kier molecular flexibility index (Phi) is 2.49. The Balaban J connectivity index is 2.61. The fraction of sp³-hybridized carbons (Fsp3) is 0. The first-order valence-corrected chi connectivity index (χ1v) is 3.58. The number of para-hydroxylation sites is 1. The molecule has 1 unspecified atom stereocenters. The van der Waals surface area contributed by atoms with Crippen LogP contribution in [0.25, 0.3) is 0 Å². The second-order valence-electron chi connectivity index (χ2n) is 1.60. The molecule has 0 saturated carbocycles. The van der Waals surface area contributed by atoms with Crippen LogP contribution < -0.4 is 5.09 Å². The van der Waals surface area contributed by atoms with E-state index in [1.165, 1.54) is 0 Å². The van der Waals surface area contributed by atoms with Crippen molar-refractivity contribution < 1.29 is 4.89 Å². The molecule has 0 saturated heterocycles. The summed E-state index contributed by atoms with van der Waals surface area (Å²) in [5.41, 5.74) is 0.957. The number of hydrogen-bond donors (Lipinski definition) is 2. The van der Waals surface area contributed by atoms with Gasteiger partial charge in [0.15, 0.2) is 0 Å². The molecular weight excluding hydrogens is 133 g/mol. The molecule has 48 valence electrons. The molecule has 0 radical (unpaired) electrons. The lowest BCUT2D eigenvalue weighted by molar-refractivity contribution is 0.651. The Morgan fingerprint density at radius 1 is 1.22 bits per heavy atom. The molecular formula is C6H8NOP. The van der Waals surface area contributed by atoms with Crippen molar-refractivity contribution in [1.29, 1.82) is 0 Å². The molecule has 0 aliphatic rings. The second-order valence-corrected chi connectivity index (χ2v) is 2.08. The lowest BCUT2D eigenvalue weighted by Crippen LogP contribution is -1.79. The first-order chi connectivity index (χ1) is 4.43. The van der Waals surface area contributed by atoms with E-state index in [1.807, 2.05) is 30.3 Å². The zero-order valence-electron chi connectivity index (χ0n) is 4.83. The monoisotopic (exact) mass is 141 g/mol. The van der Waals surface area contributed by atoms with Crippen molar-refractivity contribution in [3.63, 3.8) is 0 Å². The van der Waals surface area contributed by atoms with Crippen LogP contribution in [0, 0.1) is 0 Å². The summed E-state index contributed by atoms with van der Waals surface area (Å²) in [5, 5.41) is 2.79. The molecule has 3 heteroatoms. The average molecular weight is 141 g/mol. The van der Waals surface area contributed by atoms with Crippen LogP contribution in [0.3, 0.4) is 0 Å². The predicted molar refractivity (Wildman–Crippen MR) is 40.6 cm³/mol. The molecule has 1 rings (SSSR count). The molecule has 1 aromatic rings. The summed E-state index contributed by atoms with van der Waals surface area (Å²) in [7, 11) is -0.215. The maximum absolute atomic E-state index is 8.44. The normalized spacial score (nSPS) is 10.3. The fourth-order valence-corrected chi connectivity index (χ4v) is 0.882. The molecule has 0 aliphatic carbocycles. The summed E-state index contributed by atoms with van der Waals surface area (Å²) < 4.78 is 0. The van der Waals surface area contributed by atoms with Gasteiger partial charge < -0.3 is 9.98 Å². The third-order valence-corrected chi connectivity index (χ3v) is 1.37. The summed E-state index contributed by atoms with van der Waals surface area (Å²) in [4.78, 5) is 8.44. The highest BCUT2D eigenvalue weighted by atomic mass is 31.1. The first kappa shape index (κ1) is 6.53. The van der Waals surface area contributed by atoms with Crippen LogP contribution >= 0.6 is 8.96 Å². The fourth-order valence-electron chi connectivity index (χ4n) is 0.586. The third-order valence-electron chi connectivity index (χ3n) is 0.974. The Morgan fingerprint density at radius 3 is 2.44 bits per heavy atom. The quantitative estimate of drug-likeness (QED) is 0.613. The summed E-state index contributed by atoms with van der Waals surface area (Å²) in [6.07, 6.45) is 0. The minimum atomic E-state index is -0.215. The van der Waals surface area contributed by atoms with Crippen LogP contribution in [-0.2, 0) is 0 Å². The summed E-state index contributed by atoms with van der Waals surface area (Å²) in [5.74, 6) is 0. The van der Waals surface area contributed by atoms with Gasteiger partial charge in [-0.3, -0.25) is 0 Å². The van der Waals surface area contributed by atoms with Crippen molar-refractivity contribution in [2.75, 3.05) is 5.09 Å². The van der Waals surface area contributed by atoms with E-state index in [0.29, 0.717) is 0 Å². The second kappa shape index (κ2) is 3.44.